The number of esters is 2. The minimum absolute atomic E-state index is 0.00415. The molecule has 210 valence electrons. The largest absolute Gasteiger partial charge is 0.469 e. The summed E-state index contributed by atoms with van der Waals surface area (Å²) in [5.74, 6) is -0.957. The Bertz CT molecular complexity index is 987. The van der Waals surface area contributed by atoms with Crippen LogP contribution in [0.4, 0.5) is 24.5 Å². The lowest BCUT2D eigenvalue weighted by Gasteiger charge is -2.13. The predicted octanol–water partition coefficient (Wildman–Crippen LogP) is 4.24. The molecule has 0 unspecified atom stereocenters. The maximum Gasteiger partial charge on any atom is 0.416 e. The molecule has 0 spiro atoms. The molecular weight excluding hydrogens is 511 g/mol. The Morgan fingerprint density at radius 3 is 1.95 bits per heavy atom. The first-order chi connectivity index (χ1) is 18.3. The topological polar surface area (TPSA) is 102 Å². The summed E-state index contributed by atoms with van der Waals surface area (Å²) in [5, 5.41) is 2.84. The van der Waals surface area contributed by atoms with Gasteiger partial charge in [-0.3, -0.25) is 4.79 Å². The number of hydrogen-bond acceptors (Lipinski definition) is 9. The average molecular weight is 544 g/mol. The van der Waals surface area contributed by atoms with Crippen molar-refractivity contribution in [1.82, 2.24) is 0 Å². The highest BCUT2D eigenvalue weighted by Gasteiger charge is 2.30. The van der Waals surface area contributed by atoms with Crippen LogP contribution < -0.4 is 5.32 Å². The van der Waals surface area contributed by atoms with Gasteiger partial charge in [0.05, 0.1) is 83.2 Å². The third-order valence-corrected chi connectivity index (χ3v) is 4.87. The van der Waals surface area contributed by atoms with Crippen molar-refractivity contribution in [3.63, 3.8) is 0 Å². The smallest absolute Gasteiger partial charge is 0.416 e. The lowest BCUT2D eigenvalue weighted by Crippen LogP contribution is -2.15. The molecule has 0 fully saturated rings. The summed E-state index contributed by atoms with van der Waals surface area (Å²) in [5.41, 5.74) is -0.101. The van der Waals surface area contributed by atoms with Crippen LogP contribution in [0.25, 0.3) is 0 Å². The van der Waals surface area contributed by atoms with Crippen molar-refractivity contribution in [2.24, 2.45) is 0 Å². The summed E-state index contributed by atoms with van der Waals surface area (Å²) in [6.45, 7) is 2.55. The van der Waals surface area contributed by atoms with Crippen LogP contribution in [-0.2, 0) is 39.4 Å². The fourth-order valence-electron chi connectivity index (χ4n) is 2.99. The van der Waals surface area contributed by atoms with Gasteiger partial charge in [0.25, 0.3) is 0 Å². The zero-order chi connectivity index (χ0) is 27.6. The van der Waals surface area contributed by atoms with Gasteiger partial charge in [-0.25, -0.2) is 4.79 Å². The minimum Gasteiger partial charge on any atom is -0.469 e. The van der Waals surface area contributed by atoms with Crippen LogP contribution in [-0.4, -0.2) is 78.5 Å². The van der Waals surface area contributed by atoms with Gasteiger partial charge in [0.1, 0.15) is 6.61 Å². The Morgan fingerprint density at radius 1 is 0.763 bits per heavy atom. The van der Waals surface area contributed by atoms with Crippen LogP contribution in [0.15, 0.2) is 48.5 Å². The molecular formula is C26H32F3NO8. The van der Waals surface area contributed by atoms with E-state index in [9.17, 15) is 22.8 Å². The van der Waals surface area contributed by atoms with Gasteiger partial charge in [-0.15, -0.1) is 0 Å². The van der Waals surface area contributed by atoms with E-state index >= 15 is 0 Å². The summed E-state index contributed by atoms with van der Waals surface area (Å²) in [6.07, 6.45) is -4.27. The fraction of sp³-hybridized carbons (Fsp3) is 0.462. The van der Waals surface area contributed by atoms with Crippen molar-refractivity contribution >= 4 is 23.3 Å². The number of alkyl halides is 3. The molecule has 9 nitrogen and oxygen atoms in total. The van der Waals surface area contributed by atoms with Crippen molar-refractivity contribution < 1.29 is 51.2 Å². The van der Waals surface area contributed by atoms with Crippen LogP contribution in [0.1, 0.15) is 22.3 Å². The molecule has 12 heteroatoms. The van der Waals surface area contributed by atoms with E-state index in [4.69, 9.17) is 23.7 Å². The molecule has 0 aliphatic rings. The molecule has 0 aromatic heterocycles. The number of hydrogen-bond donors (Lipinski definition) is 1. The molecule has 2 aromatic carbocycles. The standard InChI is InChI=1S/C26H32F3NO8/c1-33-24(31)9-10-34-11-12-35-13-14-36-15-16-37-17-18-38-25(32)22-7-2-3-8-23(22)30-21-6-4-5-20(19-21)26(27,28)29/h2-8,19,30H,9-18H2,1H3. The maximum atomic E-state index is 13.0. The van der Waals surface area contributed by atoms with E-state index in [1.165, 1.54) is 25.3 Å². The summed E-state index contributed by atoms with van der Waals surface area (Å²) in [4.78, 5) is 23.4. The Kier molecular flexibility index (Phi) is 14.2. The monoisotopic (exact) mass is 543 g/mol. The molecule has 0 aliphatic carbocycles. The molecule has 1 N–H and O–H groups in total. The second-order valence-corrected chi connectivity index (χ2v) is 7.66. The lowest BCUT2D eigenvalue weighted by atomic mass is 10.1. The van der Waals surface area contributed by atoms with Crippen molar-refractivity contribution in [1.29, 1.82) is 0 Å². The second kappa shape index (κ2) is 17.3. The molecule has 0 saturated carbocycles. The quantitative estimate of drug-likeness (QED) is 0.219. The number of methoxy groups -OCH3 is 1. The number of carbonyl (C=O) groups excluding carboxylic acids is 2. The number of ether oxygens (including phenoxy) is 6. The van der Waals surface area contributed by atoms with Gasteiger partial charge in [-0.2, -0.15) is 13.2 Å². The molecule has 0 heterocycles. The Morgan fingerprint density at radius 2 is 1.34 bits per heavy atom. The van der Waals surface area contributed by atoms with Crippen LogP contribution in [0.5, 0.6) is 0 Å². The van der Waals surface area contributed by atoms with Crippen LogP contribution in [0, 0.1) is 0 Å². The number of anilines is 2. The first-order valence-electron chi connectivity index (χ1n) is 11.9. The molecule has 0 atom stereocenters. The van der Waals surface area contributed by atoms with Gasteiger partial charge in [-0.1, -0.05) is 18.2 Å². The van der Waals surface area contributed by atoms with Gasteiger partial charge < -0.3 is 33.7 Å². The molecule has 2 rings (SSSR count). The zero-order valence-corrected chi connectivity index (χ0v) is 21.1. The molecule has 0 radical (unpaired) electrons. The number of para-hydroxylation sites is 1. The van der Waals surface area contributed by atoms with Crippen LogP contribution >= 0.6 is 0 Å². The summed E-state index contributed by atoms with van der Waals surface area (Å²) < 4.78 is 69.9. The van der Waals surface area contributed by atoms with E-state index in [1.807, 2.05) is 0 Å². The molecule has 0 saturated heterocycles. The first-order valence-corrected chi connectivity index (χ1v) is 11.9. The number of halogens is 3. The normalized spacial score (nSPS) is 11.3. The van der Waals surface area contributed by atoms with E-state index < -0.39 is 17.7 Å². The number of carbonyl (C=O) groups is 2. The molecule has 2 aromatic rings. The molecule has 38 heavy (non-hydrogen) atoms. The van der Waals surface area contributed by atoms with E-state index in [0.717, 1.165) is 12.1 Å². The number of rotatable bonds is 18. The van der Waals surface area contributed by atoms with Gasteiger partial charge in [0.2, 0.25) is 0 Å². The Balaban J connectivity index is 1.56. The maximum absolute atomic E-state index is 13.0. The van der Waals surface area contributed by atoms with Crippen molar-refractivity contribution in [2.75, 3.05) is 71.9 Å². The van der Waals surface area contributed by atoms with Crippen LogP contribution in [0.3, 0.4) is 0 Å². The van der Waals surface area contributed by atoms with Crippen LogP contribution in [0.2, 0.25) is 0 Å². The number of nitrogens with one attached hydrogen (secondary N) is 1. The van der Waals surface area contributed by atoms with Gasteiger partial charge in [0.15, 0.2) is 0 Å². The van der Waals surface area contributed by atoms with Gasteiger partial charge >= 0.3 is 18.1 Å². The Labute approximate surface area is 219 Å². The highest BCUT2D eigenvalue weighted by Crippen LogP contribution is 2.32. The van der Waals surface area contributed by atoms with E-state index in [2.05, 4.69) is 10.1 Å². The highest BCUT2D eigenvalue weighted by atomic mass is 19.4. The summed E-state index contributed by atoms with van der Waals surface area (Å²) in [6, 6.07) is 11.1. The third kappa shape index (κ3) is 12.4. The number of benzene rings is 2. The van der Waals surface area contributed by atoms with Gasteiger partial charge in [0, 0.05) is 5.69 Å². The lowest BCUT2D eigenvalue weighted by molar-refractivity contribution is -0.142. The minimum atomic E-state index is -4.47. The molecule has 0 amide bonds. The van der Waals surface area contributed by atoms with Crippen molar-refractivity contribution in [2.45, 2.75) is 12.6 Å². The SMILES string of the molecule is COC(=O)CCOCCOCCOCCOCCOC(=O)c1ccccc1Nc1cccc(C(F)(F)F)c1. The van der Waals surface area contributed by atoms with Crippen molar-refractivity contribution in [3.05, 3.63) is 59.7 Å². The Hall–Kier alpha value is -3.19. The molecule has 0 bridgehead atoms. The summed E-state index contributed by atoms with van der Waals surface area (Å²) >= 11 is 0. The fourth-order valence-corrected chi connectivity index (χ4v) is 2.99. The summed E-state index contributed by atoms with van der Waals surface area (Å²) in [7, 11) is 1.32. The van der Waals surface area contributed by atoms with E-state index in [1.54, 1.807) is 18.2 Å². The second-order valence-electron chi connectivity index (χ2n) is 7.66. The first kappa shape index (κ1) is 31.0. The van der Waals surface area contributed by atoms with Gasteiger partial charge in [-0.05, 0) is 30.3 Å². The molecule has 0 aliphatic heterocycles. The van der Waals surface area contributed by atoms with E-state index in [0.29, 0.717) is 45.3 Å². The average Bonchev–Trinajstić information content (AvgIpc) is 2.90. The predicted molar refractivity (Wildman–Crippen MR) is 131 cm³/mol. The zero-order valence-electron chi connectivity index (χ0n) is 21.1. The highest BCUT2D eigenvalue weighted by molar-refractivity contribution is 5.96. The van der Waals surface area contributed by atoms with Crippen molar-refractivity contribution in [3.8, 4) is 0 Å². The third-order valence-electron chi connectivity index (χ3n) is 4.87. The van der Waals surface area contributed by atoms with E-state index in [-0.39, 0.29) is 43.5 Å².